The number of hydrogen-bond acceptors (Lipinski definition) is 4. The van der Waals surface area contributed by atoms with Crippen LogP contribution in [0.1, 0.15) is 5.56 Å². The van der Waals surface area contributed by atoms with E-state index < -0.39 is 10.9 Å². The minimum atomic E-state index is -0.711. The monoisotopic (exact) mass is 371 g/mol. The summed E-state index contributed by atoms with van der Waals surface area (Å²) < 4.78 is 5.05. The van der Waals surface area contributed by atoms with Crippen molar-refractivity contribution in [2.75, 3.05) is 0 Å². The van der Waals surface area contributed by atoms with Crippen molar-refractivity contribution >= 4 is 52.5 Å². The summed E-state index contributed by atoms with van der Waals surface area (Å²) >= 11 is 17.6. The SMILES string of the molecule is O=C(C=Cc1cc([N+](=O)[O-])ccc1Cl)Oc1ccc(Cl)cc1Cl. The highest BCUT2D eigenvalue weighted by Crippen LogP contribution is 2.28. The molecule has 0 aliphatic rings. The largest absolute Gasteiger partial charge is 0.422 e. The van der Waals surface area contributed by atoms with Crippen molar-refractivity contribution in [1.29, 1.82) is 0 Å². The lowest BCUT2D eigenvalue weighted by Gasteiger charge is -2.04. The molecule has 0 saturated heterocycles. The second-order valence-electron chi connectivity index (χ2n) is 4.29. The number of non-ortho nitro benzene ring substituents is 1. The zero-order valence-electron chi connectivity index (χ0n) is 11.3. The maximum Gasteiger partial charge on any atom is 0.336 e. The number of nitrogens with zero attached hydrogens (tertiary/aromatic N) is 1. The number of ether oxygens (including phenoxy) is 1. The molecule has 118 valence electrons. The molecule has 0 bridgehead atoms. The van der Waals surface area contributed by atoms with Crippen LogP contribution in [0, 0.1) is 10.1 Å². The van der Waals surface area contributed by atoms with Gasteiger partial charge in [0.25, 0.3) is 5.69 Å². The third-order valence-corrected chi connectivity index (χ3v) is 3.57. The summed E-state index contributed by atoms with van der Waals surface area (Å²) in [6, 6.07) is 8.31. The zero-order chi connectivity index (χ0) is 17.0. The standard InChI is InChI=1S/C15H8Cl3NO4/c16-10-2-5-14(13(18)8-10)23-15(20)6-1-9-7-11(19(21)22)3-4-12(9)17/h1-8H. The summed E-state index contributed by atoms with van der Waals surface area (Å²) in [5.41, 5.74) is 0.184. The van der Waals surface area contributed by atoms with Crippen molar-refractivity contribution in [1.82, 2.24) is 0 Å². The molecule has 0 saturated carbocycles. The average Bonchev–Trinajstić information content (AvgIpc) is 2.49. The quantitative estimate of drug-likeness (QED) is 0.244. The lowest BCUT2D eigenvalue weighted by molar-refractivity contribution is -0.384. The van der Waals surface area contributed by atoms with Gasteiger partial charge in [-0.3, -0.25) is 10.1 Å². The van der Waals surface area contributed by atoms with E-state index in [1.807, 2.05) is 0 Å². The van der Waals surface area contributed by atoms with Crippen molar-refractivity contribution in [2.24, 2.45) is 0 Å². The number of halogens is 3. The van der Waals surface area contributed by atoms with Gasteiger partial charge in [-0.15, -0.1) is 0 Å². The van der Waals surface area contributed by atoms with Crippen LogP contribution in [-0.2, 0) is 4.79 Å². The van der Waals surface area contributed by atoms with E-state index in [0.717, 1.165) is 6.08 Å². The molecule has 0 radical (unpaired) electrons. The fourth-order valence-electron chi connectivity index (χ4n) is 1.63. The average molecular weight is 373 g/mol. The summed E-state index contributed by atoms with van der Waals surface area (Å²) in [7, 11) is 0. The van der Waals surface area contributed by atoms with E-state index in [2.05, 4.69) is 0 Å². The Kier molecular flexibility index (Phi) is 5.60. The van der Waals surface area contributed by atoms with E-state index in [0.29, 0.717) is 10.6 Å². The Hall–Kier alpha value is -2.08. The first kappa shape index (κ1) is 17.3. The summed E-state index contributed by atoms with van der Waals surface area (Å²) in [6.07, 6.45) is 2.41. The number of hydrogen-bond donors (Lipinski definition) is 0. The van der Waals surface area contributed by atoms with E-state index in [-0.39, 0.29) is 21.5 Å². The molecule has 0 amide bonds. The Bertz CT molecular complexity index is 805. The Labute approximate surface area is 146 Å². The predicted octanol–water partition coefficient (Wildman–Crippen LogP) is 5.17. The number of esters is 1. The maximum atomic E-state index is 11.8. The highest BCUT2D eigenvalue weighted by molar-refractivity contribution is 6.35. The number of carbonyl (C=O) groups excluding carboxylic acids is 1. The van der Waals surface area contributed by atoms with Gasteiger partial charge >= 0.3 is 5.97 Å². The molecule has 23 heavy (non-hydrogen) atoms. The number of rotatable bonds is 4. The summed E-state index contributed by atoms with van der Waals surface area (Å²) in [5.74, 6) is -0.562. The van der Waals surface area contributed by atoms with Crippen LogP contribution >= 0.6 is 34.8 Å². The van der Waals surface area contributed by atoms with E-state index in [1.165, 1.54) is 42.5 Å². The van der Waals surface area contributed by atoms with Crippen molar-refractivity contribution in [3.05, 3.63) is 73.2 Å². The molecule has 5 nitrogen and oxygen atoms in total. The lowest BCUT2D eigenvalue weighted by atomic mass is 10.2. The first-order valence-corrected chi connectivity index (χ1v) is 7.29. The Morgan fingerprint density at radius 3 is 2.48 bits per heavy atom. The minimum absolute atomic E-state index is 0.136. The smallest absolute Gasteiger partial charge is 0.336 e. The highest BCUT2D eigenvalue weighted by atomic mass is 35.5. The molecule has 2 aromatic rings. The van der Waals surface area contributed by atoms with Crippen molar-refractivity contribution in [3.8, 4) is 5.75 Å². The molecule has 0 heterocycles. The minimum Gasteiger partial charge on any atom is -0.422 e. The van der Waals surface area contributed by atoms with E-state index >= 15 is 0 Å². The van der Waals surface area contributed by atoms with Gasteiger partial charge in [-0.25, -0.2) is 4.79 Å². The number of benzene rings is 2. The van der Waals surface area contributed by atoms with E-state index in [9.17, 15) is 14.9 Å². The van der Waals surface area contributed by atoms with Crippen LogP contribution in [0.5, 0.6) is 5.75 Å². The van der Waals surface area contributed by atoms with Gasteiger partial charge in [-0.1, -0.05) is 34.8 Å². The first-order valence-electron chi connectivity index (χ1n) is 6.15. The van der Waals surface area contributed by atoms with Crippen molar-refractivity contribution in [3.63, 3.8) is 0 Å². The van der Waals surface area contributed by atoms with Crippen molar-refractivity contribution < 1.29 is 14.5 Å². The highest BCUT2D eigenvalue weighted by Gasteiger charge is 2.09. The fraction of sp³-hybridized carbons (Fsp3) is 0. The molecule has 8 heteroatoms. The van der Waals surface area contributed by atoms with Gasteiger partial charge in [-0.05, 0) is 30.3 Å². The second kappa shape index (κ2) is 7.46. The number of carbonyl (C=O) groups is 1. The summed E-state index contributed by atoms with van der Waals surface area (Å²) in [5, 5.41) is 11.6. The van der Waals surface area contributed by atoms with Gasteiger partial charge in [0.15, 0.2) is 0 Å². The Balaban J connectivity index is 2.15. The second-order valence-corrected chi connectivity index (χ2v) is 5.54. The predicted molar refractivity (Wildman–Crippen MR) is 89.2 cm³/mol. The van der Waals surface area contributed by atoms with Gasteiger partial charge in [0.05, 0.1) is 9.95 Å². The van der Waals surface area contributed by atoms with Gasteiger partial charge < -0.3 is 4.74 Å². The molecule has 0 aromatic heterocycles. The van der Waals surface area contributed by atoms with Gasteiger partial charge in [-0.2, -0.15) is 0 Å². The first-order chi connectivity index (χ1) is 10.9. The molecule has 2 aromatic carbocycles. The fourth-order valence-corrected chi connectivity index (χ4v) is 2.26. The molecule has 0 atom stereocenters. The molecular weight excluding hydrogens is 365 g/mol. The summed E-state index contributed by atoms with van der Waals surface area (Å²) in [6.45, 7) is 0. The van der Waals surface area contributed by atoms with Crippen LogP contribution in [0.15, 0.2) is 42.5 Å². The van der Waals surface area contributed by atoms with Crippen LogP contribution in [0.4, 0.5) is 5.69 Å². The van der Waals surface area contributed by atoms with Crippen LogP contribution in [0.2, 0.25) is 15.1 Å². The topological polar surface area (TPSA) is 69.4 Å². The molecule has 0 N–H and O–H groups in total. The van der Waals surface area contributed by atoms with Crippen LogP contribution in [-0.4, -0.2) is 10.9 Å². The molecule has 0 fully saturated rings. The van der Waals surface area contributed by atoms with E-state index in [4.69, 9.17) is 39.5 Å². The van der Waals surface area contributed by atoms with Crippen LogP contribution in [0.3, 0.4) is 0 Å². The lowest BCUT2D eigenvalue weighted by Crippen LogP contribution is -2.04. The zero-order valence-corrected chi connectivity index (χ0v) is 13.6. The molecule has 0 aliphatic carbocycles. The molecule has 0 spiro atoms. The summed E-state index contributed by atoms with van der Waals surface area (Å²) in [4.78, 5) is 21.9. The number of nitro groups is 1. The van der Waals surface area contributed by atoms with Crippen molar-refractivity contribution in [2.45, 2.75) is 0 Å². The Morgan fingerprint density at radius 1 is 1.09 bits per heavy atom. The normalized spacial score (nSPS) is 10.7. The molecule has 0 aliphatic heterocycles. The van der Waals surface area contributed by atoms with Gasteiger partial charge in [0.1, 0.15) is 5.75 Å². The third kappa shape index (κ3) is 4.69. The molecule has 0 unspecified atom stereocenters. The maximum absolute atomic E-state index is 11.8. The molecular formula is C15H8Cl3NO4. The third-order valence-electron chi connectivity index (χ3n) is 2.69. The van der Waals surface area contributed by atoms with E-state index in [1.54, 1.807) is 0 Å². The van der Waals surface area contributed by atoms with Crippen LogP contribution < -0.4 is 4.74 Å². The van der Waals surface area contributed by atoms with Gasteiger partial charge in [0.2, 0.25) is 0 Å². The van der Waals surface area contributed by atoms with Gasteiger partial charge in [0, 0.05) is 33.8 Å². The Morgan fingerprint density at radius 2 is 1.83 bits per heavy atom. The molecule has 2 rings (SSSR count). The van der Waals surface area contributed by atoms with Crippen LogP contribution in [0.25, 0.3) is 6.08 Å². The number of nitro benzene ring substituents is 1.